The fourth-order valence-corrected chi connectivity index (χ4v) is 2.93. The highest BCUT2D eigenvalue weighted by Gasteiger charge is 2.30. The summed E-state index contributed by atoms with van der Waals surface area (Å²) in [5.74, 6) is -0.424. The minimum absolute atomic E-state index is 0.115. The van der Waals surface area contributed by atoms with Crippen molar-refractivity contribution in [2.75, 3.05) is 34.8 Å². The van der Waals surface area contributed by atoms with Gasteiger partial charge in [-0.15, -0.1) is 0 Å². The third-order valence-corrected chi connectivity index (χ3v) is 5.06. The summed E-state index contributed by atoms with van der Waals surface area (Å²) in [6, 6.07) is 8.83. The van der Waals surface area contributed by atoms with Crippen LogP contribution in [0, 0.1) is 0 Å². The van der Waals surface area contributed by atoms with Crippen LogP contribution in [0.4, 0.5) is 30.2 Å². The van der Waals surface area contributed by atoms with Gasteiger partial charge in [-0.3, -0.25) is 9.52 Å². The highest BCUT2D eigenvalue weighted by atomic mass is 32.2. The Hall–Kier alpha value is -2.95. The maximum absolute atomic E-state index is 12.7. The molecule has 29 heavy (non-hydrogen) atoms. The lowest BCUT2D eigenvalue weighted by atomic mass is 10.2. The van der Waals surface area contributed by atoms with E-state index >= 15 is 0 Å². The molecule has 0 radical (unpaired) electrons. The highest BCUT2D eigenvalue weighted by molar-refractivity contribution is 7.92. The van der Waals surface area contributed by atoms with Gasteiger partial charge in [-0.1, -0.05) is 6.07 Å². The summed E-state index contributed by atoms with van der Waals surface area (Å²) in [6.45, 7) is 1.22. The smallest absolute Gasteiger partial charge is 0.416 e. The van der Waals surface area contributed by atoms with Crippen molar-refractivity contribution in [2.24, 2.45) is 0 Å². The number of nitrogens with one attached hydrogen (secondary N) is 3. The zero-order valence-electron chi connectivity index (χ0n) is 15.6. The van der Waals surface area contributed by atoms with Crippen molar-refractivity contribution in [3.05, 3.63) is 48.0 Å². The summed E-state index contributed by atoms with van der Waals surface area (Å²) in [6.07, 6.45) is -4.47. The van der Waals surface area contributed by atoms with Gasteiger partial charge in [0.2, 0.25) is 15.9 Å². The quantitative estimate of drug-likeness (QED) is 0.594. The number of hydrogen-bond acceptors (Lipinski definition) is 5. The van der Waals surface area contributed by atoms with Crippen molar-refractivity contribution in [1.82, 2.24) is 0 Å². The number of amides is 1. The Labute approximate surface area is 166 Å². The van der Waals surface area contributed by atoms with Gasteiger partial charge in [0, 0.05) is 17.4 Å². The molecule has 0 saturated carbocycles. The normalized spacial score (nSPS) is 11.6. The molecule has 0 atom stereocenters. The van der Waals surface area contributed by atoms with Gasteiger partial charge in [-0.05, 0) is 37.3 Å². The van der Waals surface area contributed by atoms with E-state index in [0.29, 0.717) is 5.69 Å². The third kappa shape index (κ3) is 6.56. The maximum atomic E-state index is 12.7. The zero-order valence-corrected chi connectivity index (χ0v) is 16.4. The number of ether oxygens (including phenoxy) is 1. The topological polar surface area (TPSA) is 96.5 Å². The molecule has 0 aliphatic heterocycles. The highest BCUT2D eigenvalue weighted by Crippen LogP contribution is 2.31. The molecule has 1 amide bonds. The summed E-state index contributed by atoms with van der Waals surface area (Å²) < 4.78 is 69.0. The van der Waals surface area contributed by atoms with Gasteiger partial charge in [0.05, 0.1) is 30.7 Å². The van der Waals surface area contributed by atoms with Gasteiger partial charge in [0.1, 0.15) is 5.75 Å². The number of hydrogen-bond donors (Lipinski definition) is 3. The van der Waals surface area contributed by atoms with E-state index < -0.39 is 27.7 Å². The molecule has 11 heteroatoms. The van der Waals surface area contributed by atoms with Crippen LogP contribution in [0.3, 0.4) is 0 Å². The Morgan fingerprint density at radius 3 is 2.45 bits per heavy atom. The van der Waals surface area contributed by atoms with E-state index in [4.69, 9.17) is 4.74 Å². The van der Waals surface area contributed by atoms with Crippen LogP contribution >= 0.6 is 0 Å². The predicted octanol–water partition coefficient (Wildman–Crippen LogP) is 3.53. The molecular formula is C18H20F3N3O4S. The molecule has 2 aromatic rings. The lowest BCUT2D eigenvalue weighted by Crippen LogP contribution is -2.22. The number of rotatable bonds is 8. The van der Waals surface area contributed by atoms with Crippen molar-refractivity contribution in [2.45, 2.75) is 13.1 Å². The van der Waals surface area contributed by atoms with Gasteiger partial charge >= 0.3 is 6.18 Å². The number of halogens is 3. The van der Waals surface area contributed by atoms with Gasteiger partial charge in [-0.2, -0.15) is 13.2 Å². The average molecular weight is 431 g/mol. The van der Waals surface area contributed by atoms with Crippen molar-refractivity contribution >= 4 is 33.0 Å². The molecule has 0 aliphatic carbocycles. The fraction of sp³-hybridized carbons (Fsp3) is 0.278. The minimum atomic E-state index is -4.47. The van der Waals surface area contributed by atoms with E-state index in [-0.39, 0.29) is 29.4 Å². The molecule has 0 aliphatic rings. The lowest BCUT2D eigenvalue weighted by molar-refractivity contribution is -0.137. The number of sulfonamides is 1. The molecule has 0 bridgehead atoms. The van der Waals surface area contributed by atoms with Crippen LogP contribution in [0.15, 0.2) is 42.5 Å². The number of anilines is 3. The SMILES string of the molecule is CCS(=O)(=O)Nc1ccc(NC(=O)CNc2cccc(C(F)(F)F)c2)cc1OC. The largest absolute Gasteiger partial charge is 0.494 e. The summed E-state index contributed by atoms with van der Waals surface area (Å²) >= 11 is 0. The Morgan fingerprint density at radius 2 is 1.83 bits per heavy atom. The molecule has 0 spiro atoms. The van der Waals surface area contributed by atoms with Crippen molar-refractivity contribution in [3.63, 3.8) is 0 Å². The van der Waals surface area contributed by atoms with E-state index in [9.17, 15) is 26.4 Å². The number of benzene rings is 2. The first-order chi connectivity index (χ1) is 13.5. The molecule has 0 heterocycles. The molecule has 3 N–H and O–H groups in total. The summed E-state index contributed by atoms with van der Waals surface area (Å²) in [7, 11) is -2.15. The van der Waals surface area contributed by atoms with Crippen molar-refractivity contribution in [3.8, 4) is 5.75 Å². The van der Waals surface area contributed by atoms with Crippen molar-refractivity contribution in [1.29, 1.82) is 0 Å². The minimum Gasteiger partial charge on any atom is -0.494 e. The van der Waals surface area contributed by atoms with Gasteiger partial charge in [0.15, 0.2) is 0 Å². The van der Waals surface area contributed by atoms with Gasteiger partial charge in [0.25, 0.3) is 0 Å². The zero-order chi connectivity index (χ0) is 21.7. The van der Waals surface area contributed by atoms with E-state index in [2.05, 4.69) is 15.4 Å². The summed E-state index contributed by atoms with van der Waals surface area (Å²) in [5, 5.41) is 5.18. The van der Waals surface area contributed by atoms with Crippen LogP contribution in [0.5, 0.6) is 5.75 Å². The van der Waals surface area contributed by atoms with E-state index in [1.807, 2.05) is 0 Å². The van der Waals surface area contributed by atoms with Gasteiger partial charge in [-0.25, -0.2) is 8.42 Å². The maximum Gasteiger partial charge on any atom is 0.416 e. The number of carbonyl (C=O) groups is 1. The Morgan fingerprint density at radius 1 is 1.10 bits per heavy atom. The van der Waals surface area contributed by atoms with Crippen LogP contribution in [-0.2, 0) is 21.0 Å². The first kappa shape index (κ1) is 22.3. The lowest BCUT2D eigenvalue weighted by Gasteiger charge is -2.14. The van der Waals surface area contributed by atoms with Gasteiger partial charge < -0.3 is 15.4 Å². The molecular weight excluding hydrogens is 411 g/mol. The number of alkyl halides is 3. The average Bonchev–Trinajstić information content (AvgIpc) is 2.67. The predicted molar refractivity (Wildman–Crippen MR) is 105 cm³/mol. The first-order valence-corrected chi connectivity index (χ1v) is 10.1. The fourth-order valence-electron chi connectivity index (χ4n) is 2.29. The number of carbonyl (C=O) groups excluding carboxylic acids is 1. The molecule has 158 valence electrons. The van der Waals surface area contributed by atoms with Crippen LogP contribution in [0.1, 0.15) is 12.5 Å². The monoisotopic (exact) mass is 431 g/mol. The Balaban J connectivity index is 2.02. The molecule has 7 nitrogen and oxygen atoms in total. The Bertz CT molecular complexity index is 979. The summed E-state index contributed by atoms with van der Waals surface area (Å²) in [4.78, 5) is 12.1. The van der Waals surface area contributed by atoms with E-state index in [0.717, 1.165) is 12.1 Å². The second-order valence-corrected chi connectivity index (χ2v) is 7.91. The van der Waals surface area contributed by atoms with Crippen LogP contribution in [0.2, 0.25) is 0 Å². The van der Waals surface area contributed by atoms with Crippen LogP contribution in [-0.4, -0.2) is 33.7 Å². The molecule has 0 unspecified atom stereocenters. The van der Waals surface area contributed by atoms with Crippen LogP contribution in [0.25, 0.3) is 0 Å². The summed E-state index contributed by atoms with van der Waals surface area (Å²) in [5.41, 5.74) is -0.124. The van der Waals surface area contributed by atoms with E-state index in [1.54, 1.807) is 0 Å². The van der Waals surface area contributed by atoms with Crippen molar-refractivity contribution < 1.29 is 31.1 Å². The van der Waals surface area contributed by atoms with Crippen LogP contribution < -0.4 is 20.1 Å². The molecule has 0 saturated heterocycles. The van der Waals surface area contributed by atoms with E-state index in [1.165, 1.54) is 44.4 Å². The first-order valence-electron chi connectivity index (χ1n) is 8.43. The standard InChI is InChI=1S/C18H20F3N3O4S/c1-3-29(26,27)24-15-8-7-14(10-16(15)28-2)23-17(25)11-22-13-6-4-5-12(9-13)18(19,20)21/h4-10,22,24H,3,11H2,1-2H3,(H,23,25). The second-order valence-electron chi connectivity index (χ2n) is 5.90. The second kappa shape index (κ2) is 9.03. The molecule has 0 aromatic heterocycles. The Kier molecular flexibility index (Phi) is 6.96. The molecule has 2 rings (SSSR count). The third-order valence-electron chi connectivity index (χ3n) is 3.77. The molecule has 2 aromatic carbocycles. The molecule has 0 fully saturated rings. The number of methoxy groups -OCH3 is 1.